The lowest BCUT2D eigenvalue weighted by Gasteiger charge is -2.24. The molecule has 4 heteroatoms. The number of ether oxygens (including phenoxy) is 1. The van der Waals surface area contributed by atoms with E-state index < -0.39 is 5.60 Å². The summed E-state index contributed by atoms with van der Waals surface area (Å²) in [5, 5.41) is 0. The van der Waals surface area contributed by atoms with Crippen LogP contribution in [-0.4, -0.2) is 0 Å². The first-order valence-corrected chi connectivity index (χ1v) is 7.67. The fourth-order valence-corrected chi connectivity index (χ4v) is 2.80. The van der Waals surface area contributed by atoms with Gasteiger partial charge < -0.3 is 4.74 Å². The monoisotopic (exact) mass is 345 g/mol. The second-order valence-electron chi connectivity index (χ2n) is 4.88. The van der Waals surface area contributed by atoms with Crippen molar-refractivity contribution in [3.8, 4) is 11.5 Å². The van der Waals surface area contributed by atoms with Crippen LogP contribution in [0.25, 0.3) is 0 Å². The van der Waals surface area contributed by atoms with E-state index in [4.69, 9.17) is 9.57 Å². The van der Waals surface area contributed by atoms with Gasteiger partial charge in [-0.3, -0.25) is 10.3 Å². The van der Waals surface area contributed by atoms with Crippen LogP contribution in [0.2, 0.25) is 0 Å². The van der Waals surface area contributed by atoms with E-state index in [2.05, 4.69) is 28.3 Å². The molecule has 1 N–H and O–H groups in total. The number of hydroxylamine groups is 1. The quantitative estimate of drug-likeness (QED) is 0.803. The van der Waals surface area contributed by atoms with Crippen molar-refractivity contribution in [3.05, 3.63) is 70.8 Å². The second kappa shape index (κ2) is 5.92. The predicted octanol–water partition coefficient (Wildman–Crippen LogP) is 4.86. The summed E-state index contributed by atoms with van der Waals surface area (Å²) in [7, 11) is 0. The van der Waals surface area contributed by atoms with E-state index in [1.54, 1.807) is 0 Å². The number of halogens is 1. The van der Waals surface area contributed by atoms with Gasteiger partial charge in [0.05, 0.1) is 0 Å². The highest BCUT2D eigenvalue weighted by Crippen LogP contribution is 2.37. The number of nitrogens with one attached hydrogen (secondary N) is 1. The maximum absolute atomic E-state index is 5.80. The Morgan fingerprint density at radius 2 is 1.71 bits per heavy atom. The Kier molecular flexibility index (Phi) is 3.99. The Morgan fingerprint density at radius 1 is 1.05 bits per heavy atom. The molecule has 2 aromatic rings. The molecule has 1 heterocycles. The molecule has 0 aliphatic carbocycles. The molecule has 3 nitrogen and oxygen atoms in total. The van der Waals surface area contributed by atoms with Gasteiger partial charge in [0, 0.05) is 0 Å². The predicted molar refractivity (Wildman–Crippen MR) is 86.2 cm³/mol. The number of rotatable bonds is 4. The molecular weight excluding hydrogens is 330 g/mol. The number of benzene rings is 2. The molecule has 1 aliphatic rings. The van der Waals surface area contributed by atoms with Gasteiger partial charge in [0.2, 0.25) is 0 Å². The summed E-state index contributed by atoms with van der Waals surface area (Å²) in [6.07, 6.45) is 2.88. The number of hydrogen-bond donors (Lipinski definition) is 1. The van der Waals surface area contributed by atoms with Crippen LogP contribution >= 0.6 is 15.9 Å². The molecule has 0 spiro atoms. The summed E-state index contributed by atoms with van der Waals surface area (Å²) in [5.74, 6) is 1.64. The van der Waals surface area contributed by atoms with E-state index in [9.17, 15) is 0 Å². The minimum Gasteiger partial charge on any atom is -0.457 e. The molecule has 0 fully saturated rings. The Morgan fingerprint density at radius 3 is 2.29 bits per heavy atom. The number of para-hydroxylation sites is 1. The molecule has 1 aliphatic heterocycles. The standard InChI is InChI=1S/C17H16BrNO2/c1-2-17(12-16(18)19-21-17)13-8-10-15(11-9-13)20-14-6-4-3-5-7-14/h3-12,19H,2H2,1H3. The van der Waals surface area contributed by atoms with Gasteiger partial charge in [-0.15, -0.1) is 0 Å². The summed E-state index contributed by atoms with van der Waals surface area (Å²) in [6.45, 7) is 2.10. The van der Waals surface area contributed by atoms with Crippen LogP contribution in [0.3, 0.4) is 0 Å². The zero-order valence-corrected chi connectivity index (χ0v) is 13.3. The molecule has 1 unspecified atom stereocenters. The van der Waals surface area contributed by atoms with E-state index in [1.165, 1.54) is 0 Å². The van der Waals surface area contributed by atoms with Crippen LogP contribution in [0, 0.1) is 0 Å². The molecule has 3 rings (SSSR count). The second-order valence-corrected chi connectivity index (χ2v) is 5.73. The normalized spacial score (nSPS) is 20.8. The fourth-order valence-electron chi connectivity index (χ4n) is 2.35. The van der Waals surface area contributed by atoms with Crippen molar-refractivity contribution in [3.63, 3.8) is 0 Å². The molecule has 0 aromatic heterocycles. The van der Waals surface area contributed by atoms with Crippen molar-refractivity contribution >= 4 is 15.9 Å². The highest BCUT2D eigenvalue weighted by molar-refractivity contribution is 9.11. The van der Waals surface area contributed by atoms with Gasteiger partial charge in [0.25, 0.3) is 0 Å². The van der Waals surface area contributed by atoms with E-state index in [-0.39, 0.29) is 0 Å². The van der Waals surface area contributed by atoms with E-state index in [0.29, 0.717) is 0 Å². The zero-order valence-electron chi connectivity index (χ0n) is 11.7. The lowest BCUT2D eigenvalue weighted by molar-refractivity contribution is -0.0442. The Bertz CT molecular complexity index is 640. The van der Waals surface area contributed by atoms with E-state index in [1.807, 2.05) is 60.7 Å². The molecule has 0 amide bonds. The first kappa shape index (κ1) is 14.2. The summed E-state index contributed by atoms with van der Waals surface area (Å²) in [6, 6.07) is 17.7. The van der Waals surface area contributed by atoms with Crippen LogP contribution in [0.5, 0.6) is 11.5 Å². The van der Waals surface area contributed by atoms with Crippen LogP contribution in [0.1, 0.15) is 18.9 Å². The van der Waals surface area contributed by atoms with Crippen molar-refractivity contribution in [1.29, 1.82) is 0 Å². The maximum atomic E-state index is 5.80. The first-order chi connectivity index (χ1) is 10.2. The fraction of sp³-hybridized carbons (Fsp3) is 0.176. The van der Waals surface area contributed by atoms with Gasteiger partial charge in [-0.25, -0.2) is 0 Å². The van der Waals surface area contributed by atoms with Gasteiger partial charge in [0.1, 0.15) is 21.7 Å². The summed E-state index contributed by atoms with van der Waals surface area (Å²) >= 11 is 3.41. The summed E-state index contributed by atoms with van der Waals surface area (Å²) in [4.78, 5) is 5.72. The molecule has 1 atom stereocenters. The SMILES string of the molecule is CCC1(c2ccc(Oc3ccccc3)cc2)C=C(Br)NO1. The number of hydrogen-bond acceptors (Lipinski definition) is 3. The van der Waals surface area contributed by atoms with Gasteiger partial charge in [-0.2, -0.15) is 0 Å². The maximum Gasteiger partial charge on any atom is 0.142 e. The minimum atomic E-state index is -0.426. The highest BCUT2D eigenvalue weighted by Gasteiger charge is 2.34. The van der Waals surface area contributed by atoms with Gasteiger partial charge in [-0.1, -0.05) is 37.3 Å². The van der Waals surface area contributed by atoms with Crippen molar-refractivity contribution in [2.45, 2.75) is 18.9 Å². The summed E-state index contributed by atoms with van der Waals surface area (Å²) in [5.41, 5.74) is 3.52. The largest absolute Gasteiger partial charge is 0.457 e. The van der Waals surface area contributed by atoms with Crippen LogP contribution < -0.4 is 10.2 Å². The molecular formula is C17H16BrNO2. The Labute approximate surface area is 132 Å². The lowest BCUT2D eigenvalue weighted by atomic mass is 9.91. The van der Waals surface area contributed by atoms with Crippen LogP contribution in [0.4, 0.5) is 0 Å². The molecule has 0 saturated heterocycles. The third-order valence-electron chi connectivity index (χ3n) is 3.54. The molecule has 108 valence electrons. The van der Waals surface area contributed by atoms with Crippen molar-refractivity contribution in [2.75, 3.05) is 0 Å². The van der Waals surface area contributed by atoms with Crippen LogP contribution in [-0.2, 0) is 10.4 Å². The third-order valence-corrected chi connectivity index (χ3v) is 3.93. The zero-order chi connectivity index (χ0) is 14.7. The Balaban J connectivity index is 1.81. The van der Waals surface area contributed by atoms with E-state index >= 15 is 0 Å². The van der Waals surface area contributed by atoms with Crippen molar-refractivity contribution in [1.82, 2.24) is 5.48 Å². The highest BCUT2D eigenvalue weighted by atomic mass is 79.9. The summed E-state index contributed by atoms with van der Waals surface area (Å²) < 4.78 is 6.66. The first-order valence-electron chi connectivity index (χ1n) is 6.88. The van der Waals surface area contributed by atoms with Gasteiger partial charge in [-0.05, 0) is 58.3 Å². The van der Waals surface area contributed by atoms with Crippen molar-refractivity contribution in [2.24, 2.45) is 0 Å². The molecule has 2 aromatic carbocycles. The molecule has 21 heavy (non-hydrogen) atoms. The third kappa shape index (κ3) is 2.96. The van der Waals surface area contributed by atoms with Crippen molar-refractivity contribution < 1.29 is 9.57 Å². The van der Waals surface area contributed by atoms with Gasteiger partial charge in [0.15, 0.2) is 0 Å². The molecule has 0 saturated carbocycles. The van der Waals surface area contributed by atoms with Crippen LogP contribution in [0.15, 0.2) is 65.3 Å². The van der Waals surface area contributed by atoms with E-state index in [0.717, 1.165) is 28.1 Å². The Hall–Kier alpha value is -1.78. The molecule has 0 bridgehead atoms. The lowest BCUT2D eigenvalue weighted by Crippen LogP contribution is -2.26. The average molecular weight is 346 g/mol. The minimum absolute atomic E-state index is 0.426. The average Bonchev–Trinajstić information content (AvgIpc) is 2.92. The smallest absolute Gasteiger partial charge is 0.142 e. The molecule has 0 radical (unpaired) electrons. The topological polar surface area (TPSA) is 30.5 Å². The van der Waals surface area contributed by atoms with Gasteiger partial charge >= 0.3 is 0 Å².